The first kappa shape index (κ1) is 18.5. The molecule has 0 aliphatic rings. The van der Waals surface area contributed by atoms with Crippen molar-refractivity contribution in [2.24, 2.45) is 0 Å². The van der Waals surface area contributed by atoms with E-state index in [9.17, 15) is 9.59 Å². The van der Waals surface area contributed by atoms with E-state index in [1.54, 1.807) is 0 Å². The molecule has 2 aromatic heterocycles. The van der Waals surface area contributed by atoms with Crippen LogP contribution in [0, 0.1) is 13.8 Å². The SMILES string of the molecule is Cc1nc(NC(=O)CCl)sc1Sc1sc(NC(=O)CCl)nc1C. The minimum Gasteiger partial charge on any atom is -0.301 e. The van der Waals surface area contributed by atoms with Gasteiger partial charge in [-0.2, -0.15) is 0 Å². The molecule has 0 bridgehead atoms. The topological polar surface area (TPSA) is 84.0 Å². The first-order valence-corrected chi connectivity index (χ1v) is 9.79. The third-order valence-corrected chi connectivity index (χ3v) is 6.61. The Morgan fingerprint density at radius 3 is 1.70 bits per heavy atom. The molecule has 0 aliphatic carbocycles. The number of nitrogens with zero attached hydrogens (tertiary/aromatic N) is 2. The van der Waals surface area contributed by atoms with Crippen molar-refractivity contribution in [3.05, 3.63) is 11.4 Å². The summed E-state index contributed by atoms with van der Waals surface area (Å²) in [5.41, 5.74) is 1.62. The van der Waals surface area contributed by atoms with E-state index in [1.165, 1.54) is 34.4 Å². The van der Waals surface area contributed by atoms with E-state index in [1.807, 2.05) is 13.8 Å². The number of alkyl halides is 2. The van der Waals surface area contributed by atoms with Gasteiger partial charge in [-0.25, -0.2) is 9.97 Å². The Morgan fingerprint density at radius 1 is 0.957 bits per heavy atom. The maximum absolute atomic E-state index is 11.3. The number of halogens is 2. The van der Waals surface area contributed by atoms with E-state index in [0.29, 0.717) is 10.3 Å². The van der Waals surface area contributed by atoms with Crippen LogP contribution < -0.4 is 10.6 Å². The highest BCUT2D eigenvalue weighted by molar-refractivity contribution is 8.03. The van der Waals surface area contributed by atoms with Crippen LogP contribution in [-0.4, -0.2) is 33.5 Å². The minimum atomic E-state index is -0.294. The largest absolute Gasteiger partial charge is 0.301 e. The lowest BCUT2D eigenvalue weighted by atomic mass is 10.6. The fourth-order valence-corrected chi connectivity index (χ4v) is 5.04. The highest BCUT2D eigenvalue weighted by Gasteiger charge is 2.16. The van der Waals surface area contributed by atoms with Crippen molar-refractivity contribution < 1.29 is 9.59 Å². The highest BCUT2D eigenvalue weighted by atomic mass is 35.5. The van der Waals surface area contributed by atoms with Gasteiger partial charge < -0.3 is 10.6 Å². The van der Waals surface area contributed by atoms with Gasteiger partial charge in [0.1, 0.15) is 11.8 Å². The number of anilines is 2. The van der Waals surface area contributed by atoms with Crippen LogP contribution in [0.5, 0.6) is 0 Å². The van der Waals surface area contributed by atoms with Gasteiger partial charge in [0.25, 0.3) is 0 Å². The number of carbonyl (C=O) groups excluding carboxylic acids is 2. The number of aromatic nitrogens is 2. The molecule has 2 rings (SSSR count). The van der Waals surface area contributed by atoms with Gasteiger partial charge in [0.15, 0.2) is 10.3 Å². The molecule has 6 nitrogen and oxygen atoms in total. The second-order valence-electron chi connectivity index (χ2n) is 4.25. The smallest absolute Gasteiger partial charge is 0.241 e. The molecule has 2 heterocycles. The molecule has 2 N–H and O–H groups in total. The molecule has 2 amide bonds. The number of rotatable bonds is 6. The number of hydrogen-bond acceptors (Lipinski definition) is 7. The normalized spacial score (nSPS) is 10.6. The lowest BCUT2D eigenvalue weighted by Gasteiger charge is -1.96. The molecular formula is C12H12Cl2N4O2S3. The number of amides is 2. The predicted molar refractivity (Wildman–Crippen MR) is 96.5 cm³/mol. The number of nitrogens with one attached hydrogen (secondary N) is 2. The molecule has 124 valence electrons. The quantitative estimate of drug-likeness (QED) is 0.708. The average molecular weight is 411 g/mol. The Bertz CT molecular complexity index is 672. The Kier molecular flexibility index (Phi) is 6.66. The zero-order chi connectivity index (χ0) is 17.0. The third-order valence-electron chi connectivity index (χ3n) is 2.43. The van der Waals surface area contributed by atoms with Crippen LogP contribution in [0.3, 0.4) is 0 Å². The number of thiazole rings is 2. The summed E-state index contributed by atoms with van der Waals surface area (Å²) < 4.78 is 1.88. The molecule has 0 fully saturated rings. The molecule has 2 aromatic rings. The Hall–Kier alpha value is -0.870. The lowest BCUT2D eigenvalue weighted by molar-refractivity contribution is -0.114. The standard InChI is InChI=1S/C12H12Cl2N4O2S3/c1-5-9(22-11(15-5)17-7(19)3-13)21-10-6(2)16-12(23-10)18-8(20)4-14/h3-4H2,1-2H3,(H,15,17,19)(H,16,18,20). The van der Waals surface area contributed by atoms with E-state index >= 15 is 0 Å². The summed E-state index contributed by atoms with van der Waals surface area (Å²) in [6.45, 7) is 3.73. The molecule has 23 heavy (non-hydrogen) atoms. The highest BCUT2D eigenvalue weighted by Crippen LogP contribution is 2.42. The van der Waals surface area contributed by atoms with Crippen LogP contribution in [0.25, 0.3) is 0 Å². The molecule has 0 atom stereocenters. The second kappa shape index (κ2) is 8.29. The fourth-order valence-electron chi connectivity index (χ4n) is 1.45. The van der Waals surface area contributed by atoms with E-state index in [0.717, 1.165) is 19.8 Å². The molecule has 0 radical (unpaired) electrons. The zero-order valence-corrected chi connectivity index (χ0v) is 16.1. The summed E-state index contributed by atoms with van der Waals surface area (Å²) in [5.74, 6) is -0.814. The van der Waals surface area contributed by atoms with Gasteiger partial charge in [-0.15, -0.1) is 23.2 Å². The van der Waals surface area contributed by atoms with E-state index in [4.69, 9.17) is 23.2 Å². The van der Waals surface area contributed by atoms with Gasteiger partial charge in [-0.3, -0.25) is 9.59 Å². The number of aryl methyl sites for hydroxylation is 2. The van der Waals surface area contributed by atoms with Gasteiger partial charge in [-0.1, -0.05) is 34.4 Å². The van der Waals surface area contributed by atoms with Crippen LogP contribution >= 0.6 is 57.6 Å². The molecule has 0 unspecified atom stereocenters. The van der Waals surface area contributed by atoms with Crippen molar-refractivity contribution in [2.45, 2.75) is 22.3 Å². The van der Waals surface area contributed by atoms with Crippen molar-refractivity contribution >= 4 is 79.7 Å². The van der Waals surface area contributed by atoms with Crippen LogP contribution in [0.1, 0.15) is 11.4 Å². The van der Waals surface area contributed by atoms with Gasteiger partial charge >= 0.3 is 0 Å². The van der Waals surface area contributed by atoms with Crippen LogP contribution in [-0.2, 0) is 9.59 Å². The molecule has 0 saturated heterocycles. The summed E-state index contributed by atoms with van der Waals surface area (Å²) >= 11 is 15.2. The maximum Gasteiger partial charge on any atom is 0.241 e. The molecule has 11 heteroatoms. The molecule has 0 spiro atoms. The minimum absolute atomic E-state index is 0.112. The van der Waals surface area contributed by atoms with Crippen LogP contribution in [0.15, 0.2) is 8.42 Å². The Balaban J connectivity index is 2.13. The molecule has 0 aromatic carbocycles. The molecular weight excluding hydrogens is 399 g/mol. The van der Waals surface area contributed by atoms with E-state index < -0.39 is 0 Å². The summed E-state index contributed by atoms with van der Waals surface area (Å²) in [6, 6.07) is 0. The number of carbonyl (C=O) groups is 2. The first-order valence-electron chi connectivity index (χ1n) is 6.27. The van der Waals surface area contributed by atoms with Crippen molar-refractivity contribution in [3.63, 3.8) is 0 Å². The van der Waals surface area contributed by atoms with Crippen LogP contribution in [0.4, 0.5) is 10.3 Å². The third kappa shape index (κ3) is 5.05. The second-order valence-corrected chi connectivity index (χ2v) is 8.32. The summed E-state index contributed by atoms with van der Waals surface area (Å²) in [7, 11) is 0. The van der Waals surface area contributed by atoms with Gasteiger partial charge in [-0.05, 0) is 13.8 Å². The fraction of sp³-hybridized carbons (Fsp3) is 0.333. The summed E-state index contributed by atoms with van der Waals surface area (Å²) in [4.78, 5) is 31.2. The van der Waals surface area contributed by atoms with Crippen LogP contribution in [0.2, 0.25) is 0 Å². The Morgan fingerprint density at radius 2 is 1.35 bits per heavy atom. The van der Waals surface area contributed by atoms with Crippen molar-refractivity contribution in [1.29, 1.82) is 0 Å². The van der Waals surface area contributed by atoms with Crippen molar-refractivity contribution in [3.8, 4) is 0 Å². The molecule has 0 aliphatic heterocycles. The summed E-state index contributed by atoms with van der Waals surface area (Å²) in [6.07, 6.45) is 0. The van der Waals surface area contributed by atoms with Crippen molar-refractivity contribution in [2.75, 3.05) is 22.4 Å². The average Bonchev–Trinajstić information content (AvgIpc) is 3.02. The summed E-state index contributed by atoms with van der Waals surface area (Å²) in [5, 5.41) is 6.28. The van der Waals surface area contributed by atoms with E-state index in [-0.39, 0.29) is 23.6 Å². The zero-order valence-electron chi connectivity index (χ0n) is 12.1. The van der Waals surface area contributed by atoms with Crippen molar-refractivity contribution in [1.82, 2.24) is 9.97 Å². The lowest BCUT2D eigenvalue weighted by Crippen LogP contribution is -2.12. The maximum atomic E-state index is 11.3. The predicted octanol–water partition coefficient (Wildman–Crippen LogP) is 3.72. The van der Waals surface area contributed by atoms with Gasteiger partial charge in [0.05, 0.1) is 19.8 Å². The number of hydrogen-bond donors (Lipinski definition) is 2. The monoisotopic (exact) mass is 410 g/mol. The van der Waals surface area contributed by atoms with Gasteiger partial charge in [0.2, 0.25) is 11.8 Å². The molecule has 0 saturated carbocycles. The van der Waals surface area contributed by atoms with E-state index in [2.05, 4.69) is 20.6 Å². The first-order chi connectivity index (χ1) is 10.9. The Labute approximate surface area is 155 Å². The van der Waals surface area contributed by atoms with Gasteiger partial charge in [0, 0.05) is 0 Å².